The average molecular weight is 426 g/mol. The van der Waals surface area contributed by atoms with Gasteiger partial charge in [-0.2, -0.15) is 0 Å². The molecule has 0 aromatic heterocycles. The molecule has 0 spiro atoms. The Bertz CT molecular complexity index is 555. The summed E-state index contributed by atoms with van der Waals surface area (Å²) in [4.78, 5) is 0. The van der Waals surface area contributed by atoms with Crippen molar-refractivity contribution in [1.29, 1.82) is 0 Å². The SMILES string of the molecule is C1=CC[C]([Hf]([CH2]c2ccccc2)[CH2]c2ccccc2)=C1. The van der Waals surface area contributed by atoms with Crippen LogP contribution in [-0.2, 0) is 29.8 Å². The third-order valence-electron chi connectivity index (χ3n) is 3.75. The molecule has 0 saturated heterocycles. The maximum absolute atomic E-state index is 2.40. The van der Waals surface area contributed by atoms with Gasteiger partial charge in [0.05, 0.1) is 0 Å². The Kier molecular flexibility index (Phi) is 4.81. The summed E-state index contributed by atoms with van der Waals surface area (Å²) >= 11 is -1.77. The van der Waals surface area contributed by atoms with Gasteiger partial charge in [-0.3, -0.25) is 0 Å². The van der Waals surface area contributed by atoms with Crippen molar-refractivity contribution in [3.05, 3.63) is 93.3 Å². The van der Waals surface area contributed by atoms with Gasteiger partial charge in [-0.25, -0.2) is 0 Å². The zero-order valence-corrected chi connectivity index (χ0v) is 15.2. The first-order valence-electron chi connectivity index (χ1n) is 7.20. The van der Waals surface area contributed by atoms with Crippen molar-refractivity contribution in [3.63, 3.8) is 0 Å². The van der Waals surface area contributed by atoms with Gasteiger partial charge in [0.1, 0.15) is 0 Å². The van der Waals surface area contributed by atoms with Gasteiger partial charge in [0, 0.05) is 0 Å². The fourth-order valence-electron chi connectivity index (χ4n) is 2.68. The van der Waals surface area contributed by atoms with E-state index >= 15 is 0 Å². The van der Waals surface area contributed by atoms with Crippen LogP contribution in [-0.4, -0.2) is 0 Å². The maximum atomic E-state index is 2.40. The molecule has 0 amide bonds. The Hall–Kier alpha value is -1.21. The van der Waals surface area contributed by atoms with E-state index in [1.54, 1.807) is 3.33 Å². The Morgan fingerprint density at radius 1 is 0.750 bits per heavy atom. The van der Waals surface area contributed by atoms with E-state index < -0.39 is 21.4 Å². The number of hydrogen-bond acceptors (Lipinski definition) is 0. The van der Waals surface area contributed by atoms with E-state index in [0.717, 1.165) is 0 Å². The summed E-state index contributed by atoms with van der Waals surface area (Å²) in [7, 11) is 0. The van der Waals surface area contributed by atoms with Gasteiger partial charge in [0.25, 0.3) is 0 Å². The molecule has 0 atom stereocenters. The molecule has 2 aromatic carbocycles. The van der Waals surface area contributed by atoms with E-state index in [4.69, 9.17) is 0 Å². The molecule has 0 nitrogen and oxygen atoms in total. The van der Waals surface area contributed by atoms with Gasteiger partial charge in [-0.15, -0.1) is 0 Å². The van der Waals surface area contributed by atoms with Crippen molar-refractivity contribution >= 4 is 0 Å². The Balaban J connectivity index is 1.77. The minimum atomic E-state index is -1.77. The predicted octanol–water partition coefficient (Wildman–Crippen LogP) is 4.85. The van der Waals surface area contributed by atoms with E-state index in [-0.39, 0.29) is 0 Å². The molecule has 99 valence electrons. The van der Waals surface area contributed by atoms with Gasteiger partial charge < -0.3 is 0 Å². The Labute approximate surface area is 129 Å². The van der Waals surface area contributed by atoms with Gasteiger partial charge in [-0.1, -0.05) is 0 Å². The first-order valence-corrected chi connectivity index (χ1v) is 14.1. The average Bonchev–Trinajstić information content (AvgIpc) is 3.03. The molecule has 20 heavy (non-hydrogen) atoms. The summed E-state index contributed by atoms with van der Waals surface area (Å²) in [5, 5.41) is 0. The number of benzene rings is 2. The molecule has 3 rings (SSSR count). The van der Waals surface area contributed by atoms with Crippen molar-refractivity contribution in [3.8, 4) is 0 Å². The predicted molar refractivity (Wildman–Crippen MR) is 82.1 cm³/mol. The number of hydrogen-bond donors (Lipinski definition) is 0. The molecule has 1 heteroatoms. The van der Waals surface area contributed by atoms with Crippen LogP contribution in [0.1, 0.15) is 17.5 Å². The van der Waals surface area contributed by atoms with Crippen molar-refractivity contribution in [2.45, 2.75) is 14.8 Å². The van der Waals surface area contributed by atoms with Crippen LogP contribution < -0.4 is 0 Å². The molecule has 1 aliphatic rings. The third-order valence-corrected chi connectivity index (χ3v) is 14.3. The van der Waals surface area contributed by atoms with Crippen molar-refractivity contribution < 1.29 is 21.4 Å². The summed E-state index contributed by atoms with van der Waals surface area (Å²) in [6.07, 6.45) is 8.17. The molecular formula is C19H19Hf. The van der Waals surface area contributed by atoms with Crippen LogP contribution in [0.15, 0.2) is 82.2 Å². The zero-order chi connectivity index (χ0) is 13.6. The molecule has 0 heterocycles. The Morgan fingerprint density at radius 3 is 1.75 bits per heavy atom. The summed E-state index contributed by atoms with van der Waals surface area (Å²) in [5.74, 6) is 0. The van der Waals surface area contributed by atoms with Gasteiger partial charge in [0.15, 0.2) is 0 Å². The number of rotatable bonds is 5. The van der Waals surface area contributed by atoms with Crippen LogP contribution in [0.3, 0.4) is 0 Å². The van der Waals surface area contributed by atoms with E-state index in [1.165, 1.54) is 25.9 Å². The first kappa shape index (κ1) is 13.8. The standard InChI is InChI=1S/2C7H7.C5H5.Hf/c2*1-7-5-3-2-4-6-7;1-2-4-5-3-1;/h2*2-6H,1H2;1-3H,4H2;. The number of allylic oxidation sites excluding steroid dienone is 4. The molecule has 2 aromatic rings. The van der Waals surface area contributed by atoms with E-state index in [9.17, 15) is 0 Å². The van der Waals surface area contributed by atoms with Gasteiger partial charge in [-0.05, 0) is 0 Å². The molecule has 0 saturated carbocycles. The molecule has 0 radical (unpaired) electrons. The van der Waals surface area contributed by atoms with Crippen LogP contribution in [0.5, 0.6) is 0 Å². The van der Waals surface area contributed by atoms with E-state index in [1.807, 2.05) is 0 Å². The molecule has 0 fully saturated rings. The van der Waals surface area contributed by atoms with Gasteiger partial charge in [0.2, 0.25) is 0 Å². The van der Waals surface area contributed by atoms with E-state index in [0.29, 0.717) is 0 Å². The fourth-order valence-corrected chi connectivity index (χ4v) is 12.7. The zero-order valence-electron chi connectivity index (χ0n) is 11.6. The molecule has 0 bridgehead atoms. The molecule has 0 N–H and O–H groups in total. The Morgan fingerprint density at radius 2 is 1.30 bits per heavy atom. The fraction of sp³-hybridized carbons (Fsp3) is 0.158. The van der Waals surface area contributed by atoms with Crippen molar-refractivity contribution in [2.24, 2.45) is 0 Å². The first-order chi connectivity index (χ1) is 9.92. The topological polar surface area (TPSA) is 0 Å². The normalized spacial score (nSPS) is 13.3. The van der Waals surface area contributed by atoms with Crippen LogP contribution in [0, 0.1) is 0 Å². The minimum absolute atomic E-state index is 1.21. The van der Waals surface area contributed by atoms with Crippen LogP contribution in [0.2, 0.25) is 0 Å². The quantitative estimate of drug-likeness (QED) is 0.601. The van der Waals surface area contributed by atoms with E-state index in [2.05, 4.69) is 78.9 Å². The monoisotopic (exact) mass is 427 g/mol. The summed E-state index contributed by atoms with van der Waals surface area (Å²) < 4.78 is 4.46. The summed E-state index contributed by atoms with van der Waals surface area (Å²) in [6.45, 7) is 0. The second kappa shape index (κ2) is 6.99. The summed E-state index contributed by atoms with van der Waals surface area (Å²) in [5.41, 5.74) is 3.05. The van der Waals surface area contributed by atoms with Gasteiger partial charge >= 0.3 is 130 Å². The summed E-state index contributed by atoms with van der Waals surface area (Å²) in [6, 6.07) is 22.1. The molecular weight excluding hydrogens is 407 g/mol. The molecule has 0 aliphatic heterocycles. The second-order valence-electron chi connectivity index (χ2n) is 5.25. The molecule has 0 unspecified atom stereocenters. The van der Waals surface area contributed by atoms with Crippen LogP contribution in [0.4, 0.5) is 0 Å². The molecule has 1 aliphatic carbocycles. The second-order valence-corrected chi connectivity index (χ2v) is 14.4. The van der Waals surface area contributed by atoms with Crippen molar-refractivity contribution in [1.82, 2.24) is 0 Å². The third kappa shape index (κ3) is 3.67. The van der Waals surface area contributed by atoms with Crippen LogP contribution in [0.25, 0.3) is 0 Å². The van der Waals surface area contributed by atoms with Crippen molar-refractivity contribution in [2.75, 3.05) is 0 Å². The van der Waals surface area contributed by atoms with Crippen LogP contribution >= 0.6 is 0 Å².